The van der Waals surface area contributed by atoms with Crippen molar-refractivity contribution in [3.05, 3.63) is 76.3 Å². The highest BCUT2D eigenvalue weighted by Crippen LogP contribution is 2.24. The molecule has 0 atom stereocenters. The van der Waals surface area contributed by atoms with E-state index in [1.165, 1.54) is 5.56 Å². The Balaban J connectivity index is 1.51. The molecule has 0 aliphatic heterocycles. The number of ether oxygens (including phenoxy) is 1. The summed E-state index contributed by atoms with van der Waals surface area (Å²) in [5.74, 6) is 0.832. The summed E-state index contributed by atoms with van der Waals surface area (Å²) in [5, 5.41) is 6.14. The molecule has 1 amide bonds. The standard InChI is InChI=1S/C22H21BrN2O2/c1-15(2)17-5-3-16(4-6-17)13-24-25-22(26)14-27-21-10-8-18-11-20(23)9-7-19(18)12-21/h3-13,15H,14H2,1-2H3,(H,25,26). The first-order valence-corrected chi connectivity index (χ1v) is 9.54. The van der Waals surface area contributed by atoms with Gasteiger partial charge in [-0.05, 0) is 52.1 Å². The first kappa shape index (κ1) is 19.1. The Morgan fingerprint density at radius 1 is 1.07 bits per heavy atom. The third kappa shape index (κ3) is 5.41. The fraction of sp³-hybridized carbons (Fsp3) is 0.182. The van der Waals surface area contributed by atoms with Crippen molar-refractivity contribution < 1.29 is 9.53 Å². The average Bonchev–Trinajstić information content (AvgIpc) is 2.66. The number of hydrazone groups is 1. The minimum Gasteiger partial charge on any atom is -0.484 e. The highest BCUT2D eigenvalue weighted by molar-refractivity contribution is 9.10. The molecule has 0 aliphatic carbocycles. The van der Waals surface area contributed by atoms with Gasteiger partial charge >= 0.3 is 0 Å². The van der Waals surface area contributed by atoms with Crippen molar-refractivity contribution in [2.75, 3.05) is 6.61 Å². The van der Waals surface area contributed by atoms with Gasteiger partial charge in [-0.25, -0.2) is 5.43 Å². The second kappa shape index (κ2) is 8.82. The zero-order chi connectivity index (χ0) is 19.2. The Hall–Kier alpha value is -2.66. The summed E-state index contributed by atoms with van der Waals surface area (Å²) in [5.41, 5.74) is 4.69. The van der Waals surface area contributed by atoms with Crippen molar-refractivity contribution in [1.29, 1.82) is 0 Å². The van der Waals surface area contributed by atoms with E-state index in [1.54, 1.807) is 6.21 Å². The van der Waals surface area contributed by atoms with Crippen LogP contribution in [0, 0.1) is 0 Å². The van der Waals surface area contributed by atoms with Gasteiger partial charge in [-0.2, -0.15) is 5.10 Å². The van der Waals surface area contributed by atoms with Crippen LogP contribution in [0.15, 0.2) is 70.2 Å². The van der Waals surface area contributed by atoms with E-state index in [0.29, 0.717) is 11.7 Å². The number of nitrogens with zero attached hydrogens (tertiary/aromatic N) is 1. The lowest BCUT2D eigenvalue weighted by molar-refractivity contribution is -0.123. The van der Waals surface area contributed by atoms with Gasteiger partial charge < -0.3 is 4.74 Å². The first-order valence-electron chi connectivity index (χ1n) is 8.75. The van der Waals surface area contributed by atoms with Crippen LogP contribution in [0.2, 0.25) is 0 Å². The second-order valence-electron chi connectivity index (χ2n) is 6.56. The maximum Gasteiger partial charge on any atom is 0.277 e. The third-order valence-electron chi connectivity index (χ3n) is 4.15. The minimum atomic E-state index is -0.305. The summed E-state index contributed by atoms with van der Waals surface area (Å²) >= 11 is 3.45. The van der Waals surface area contributed by atoms with Crippen molar-refractivity contribution >= 4 is 38.8 Å². The monoisotopic (exact) mass is 424 g/mol. The Kier molecular flexibility index (Phi) is 6.24. The number of carbonyl (C=O) groups is 1. The molecule has 0 saturated heterocycles. The molecule has 0 unspecified atom stereocenters. The summed E-state index contributed by atoms with van der Waals surface area (Å²) in [4.78, 5) is 11.9. The van der Waals surface area contributed by atoms with Gasteiger partial charge in [0.2, 0.25) is 0 Å². The average molecular weight is 425 g/mol. The van der Waals surface area contributed by atoms with Gasteiger partial charge in [-0.3, -0.25) is 4.79 Å². The van der Waals surface area contributed by atoms with E-state index in [9.17, 15) is 4.79 Å². The van der Waals surface area contributed by atoms with E-state index < -0.39 is 0 Å². The number of carbonyl (C=O) groups excluding carboxylic acids is 1. The number of hydrogen-bond donors (Lipinski definition) is 1. The van der Waals surface area contributed by atoms with E-state index in [-0.39, 0.29) is 12.5 Å². The topological polar surface area (TPSA) is 50.7 Å². The molecule has 0 heterocycles. The predicted octanol–water partition coefficient (Wildman–Crippen LogP) is 5.25. The lowest BCUT2D eigenvalue weighted by Crippen LogP contribution is -2.24. The molecule has 3 rings (SSSR count). The molecule has 0 fully saturated rings. The Bertz CT molecular complexity index is 966. The quantitative estimate of drug-likeness (QED) is 0.433. The summed E-state index contributed by atoms with van der Waals surface area (Å²) in [7, 11) is 0. The van der Waals surface area contributed by atoms with Gasteiger partial charge in [0.1, 0.15) is 5.75 Å². The van der Waals surface area contributed by atoms with Crippen molar-refractivity contribution in [2.45, 2.75) is 19.8 Å². The number of amides is 1. The normalized spacial score (nSPS) is 11.3. The number of benzene rings is 3. The van der Waals surface area contributed by atoms with Crippen LogP contribution in [0.25, 0.3) is 10.8 Å². The molecular formula is C22H21BrN2O2. The number of hydrogen-bond acceptors (Lipinski definition) is 3. The number of fused-ring (bicyclic) bond motifs is 1. The lowest BCUT2D eigenvalue weighted by atomic mass is 10.0. The highest BCUT2D eigenvalue weighted by Gasteiger charge is 2.03. The summed E-state index contributed by atoms with van der Waals surface area (Å²) < 4.78 is 6.58. The van der Waals surface area contributed by atoms with Crippen LogP contribution < -0.4 is 10.2 Å². The van der Waals surface area contributed by atoms with Crippen molar-refractivity contribution in [3.63, 3.8) is 0 Å². The van der Waals surface area contributed by atoms with Crippen LogP contribution in [-0.4, -0.2) is 18.7 Å². The number of halogens is 1. The predicted molar refractivity (Wildman–Crippen MR) is 113 cm³/mol. The van der Waals surface area contributed by atoms with E-state index in [4.69, 9.17) is 4.74 Å². The third-order valence-corrected chi connectivity index (χ3v) is 4.64. The molecule has 1 N–H and O–H groups in total. The Morgan fingerprint density at radius 3 is 2.52 bits per heavy atom. The highest BCUT2D eigenvalue weighted by atomic mass is 79.9. The van der Waals surface area contributed by atoms with Gasteiger partial charge in [0.15, 0.2) is 6.61 Å². The molecule has 138 valence electrons. The Morgan fingerprint density at radius 2 is 1.78 bits per heavy atom. The molecule has 0 spiro atoms. The van der Waals surface area contributed by atoms with E-state index in [1.807, 2.05) is 48.5 Å². The van der Waals surface area contributed by atoms with Crippen molar-refractivity contribution in [3.8, 4) is 5.75 Å². The van der Waals surface area contributed by atoms with Gasteiger partial charge in [-0.15, -0.1) is 0 Å². The molecule has 0 saturated carbocycles. The van der Waals surface area contributed by atoms with Crippen LogP contribution in [0.5, 0.6) is 5.75 Å². The molecule has 0 radical (unpaired) electrons. The SMILES string of the molecule is CC(C)c1ccc(C=NNC(=O)COc2ccc3cc(Br)ccc3c2)cc1. The summed E-state index contributed by atoms with van der Waals surface area (Å²) in [6.45, 7) is 4.21. The van der Waals surface area contributed by atoms with E-state index in [0.717, 1.165) is 20.8 Å². The summed E-state index contributed by atoms with van der Waals surface area (Å²) in [6.07, 6.45) is 1.62. The molecule has 0 aromatic heterocycles. The smallest absolute Gasteiger partial charge is 0.277 e. The minimum absolute atomic E-state index is 0.0916. The zero-order valence-corrected chi connectivity index (χ0v) is 16.9. The van der Waals surface area contributed by atoms with Crippen LogP contribution >= 0.6 is 15.9 Å². The second-order valence-corrected chi connectivity index (χ2v) is 7.47. The molecule has 5 heteroatoms. The maximum absolute atomic E-state index is 11.9. The maximum atomic E-state index is 11.9. The first-order chi connectivity index (χ1) is 13.0. The van der Waals surface area contributed by atoms with Crippen LogP contribution in [-0.2, 0) is 4.79 Å². The van der Waals surface area contributed by atoms with Crippen molar-refractivity contribution in [2.24, 2.45) is 5.10 Å². The van der Waals surface area contributed by atoms with Gasteiger partial charge in [0, 0.05) is 4.47 Å². The molecule has 0 bridgehead atoms. The van der Waals surface area contributed by atoms with Gasteiger partial charge in [0.05, 0.1) is 6.21 Å². The van der Waals surface area contributed by atoms with E-state index in [2.05, 4.69) is 52.4 Å². The van der Waals surface area contributed by atoms with Crippen LogP contribution in [0.1, 0.15) is 30.9 Å². The number of rotatable bonds is 6. The fourth-order valence-corrected chi connectivity index (χ4v) is 2.99. The van der Waals surface area contributed by atoms with E-state index >= 15 is 0 Å². The molecule has 4 nitrogen and oxygen atoms in total. The molecule has 3 aromatic rings. The fourth-order valence-electron chi connectivity index (χ4n) is 2.61. The largest absolute Gasteiger partial charge is 0.484 e. The number of nitrogens with one attached hydrogen (secondary N) is 1. The van der Waals surface area contributed by atoms with Crippen LogP contribution in [0.4, 0.5) is 0 Å². The molecule has 27 heavy (non-hydrogen) atoms. The molecular weight excluding hydrogens is 404 g/mol. The Labute approximate surface area is 167 Å². The lowest BCUT2D eigenvalue weighted by Gasteiger charge is -2.07. The zero-order valence-electron chi connectivity index (χ0n) is 15.3. The van der Waals surface area contributed by atoms with Crippen LogP contribution in [0.3, 0.4) is 0 Å². The molecule has 0 aliphatic rings. The summed E-state index contributed by atoms with van der Waals surface area (Å²) in [6, 6.07) is 19.8. The molecule has 3 aromatic carbocycles. The van der Waals surface area contributed by atoms with Crippen molar-refractivity contribution in [1.82, 2.24) is 5.43 Å². The van der Waals surface area contributed by atoms with Gasteiger partial charge in [-0.1, -0.05) is 66.2 Å². The van der Waals surface area contributed by atoms with Gasteiger partial charge in [0.25, 0.3) is 5.91 Å².